The number of fused-ring (bicyclic) bond motifs is 1. The number of aryl methyl sites for hydroxylation is 1. The quantitative estimate of drug-likeness (QED) is 0.718. The van der Waals surface area contributed by atoms with Gasteiger partial charge >= 0.3 is 0 Å². The molecule has 3 heteroatoms. The van der Waals surface area contributed by atoms with Gasteiger partial charge in [0.1, 0.15) is 5.82 Å². The van der Waals surface area contributed by atoms with Crippen molar-refractivity contribution < 1.29 is 4.79 Å². The summed E-state index contributed by atoms with van der Waals surface area (Å²) in [5.41, 5.74) is 2.49. The highest BCUT2D eigenvalue weighted by Gasteiger charge is 2.15. The molecule has 0 aliphatic heterocycles. The fourth-order valence-electron chi connectivity index (χ4n) is 1.78. The first-order valence-electron chi connectivity index (χ1n) is 4.71. The molecule has 1 aliphatic carbocycles. The van der Waals surface area contributed by atoms with Crippen LogP contribution < -0.4 is 5.32 Å². The van der Waals surface area contributed by atoms with E-state index in [2.05, 4.69) is 16.9 Å². The van der Waals surface area contributed by atoms with Crippen molar-refractivity contribution in [2.24, 2.45) is 0 Å². The number of rotatable bonds is 2. The number of amides is 1. The molecule has 1 amide bonds. The Kier molecular flexibility index (Phi) is 2.31. The Hall–Kier alpha value is -1.64. The largest absolute Gasteiger partial charge is 0.307 e. The Morgan fingerprint density at radius 3 is 3.21 bits per heavy atom. The van der Waals surface area contributed by atoms with E-state index in [1.807, 2.05) is 6.07 Å². The molecular formula is C11H12N2O. The second kappa shape index (κ2) is 3.62. The SMILES string of the molecule is C=CC(=O)Nc1nccc2c1CCC2. The topological polar surface area (TPSA) is 42.0 Å². The monoisotopic (exact) mass is 188 g/mol. The Morgan fingerprint density at radius 2 is 2.43 bits per heavy atom. The van der Waals surface area contributed by atoms with Crippen LogP contribution in [0.1, 0.15) is 17.5 Å². The van der Waals surface area contributed by atoms with Gasteiger partial charge in [0, 0.05) is 6.20 Å². The molecule has 0 saturated carbocycles. The van der Waals surface area contributed by atoms with Gasteiger partial charge in [-0.25, -0.2) is 4.98 Å². The average Bonchev–Trinajstić information content (AvgIpc) is 2.66. The molecule has 0 unspecified atom stereocenters. The molecule has 14 heavy (non-hydrogen) atoms. The highest BCUT2D eigenvalue weighted by molar-refractivity contribution is 5.98. The third-order valence-electron chi connectivity index (χ3n) is 2.45. The highest BCUT2D eigenvalue weighted by Crippen LogP contribution is 2.26. The Labute approximate surface area is 82.9 Å². The molecule has 72 valence electrons. The predicted molar refractivity (Wildman–Crippen MR) is 55.1 cm³/mol. The van der Waals surface area contributed by atoms with Crippen molar-refractivity contribution in [1.82, 2.24) is 4.98 Å². The maximum atomic E-state index is 11.1. The van der Waals surface area contributed by atoms with Crippen LogP contribution in [0.2, 0.25) is 0 Å². The minimum atomic E-state index is -0.196. The third kappa shape index (κ3) is 1.53. The summed E-state index contributed by atoms with van der Waals surface area (Å²) in [7, 11) is 0. The molecule has 1 aliphatic rings. The van der Waals surface area contributed by atoms with E-state index < -0.39 is 0 Å². The minimum Gasteiger partial charge on any atom is -0.307 e. The Morgan fingerprint density at radius 1 is 1.57 bits per heavy atom. The van der Waals surface area contributed by atoms with Crippen molar-refractivity contribution in [3.05, 3.63) is 36.0 Å². The molecule has 1 heterocycles. The summed E-state index contributed by atoms with van der Waals surface area (Å²) < 4.78 is 0. The maximum Gasteiger partial charge on any atom is 0.248 e. The van der Waals surface area contributed by atoms with Gasteiger partial charge in [-0.15, -0.1) is 0 Å². The summed E-state index contributed by atoms with van der Waals surface area (Å²) in [5, 5.41) is 2.72. The van der Waals surface area contributed by atoms with Crippen LogP contribution in [0.15, 0.2) is 24.9 Å². The van der Waals surface area contributed by atoms with Crippen LogP contribution in [0.3, 0.4) is 0 Å². The van der Waals surface area contributed by atoms with E-state index >= 15 is 0 Å². The van der Waals surface area contributed by atoms with Gasteiger partial charge in [0.15, 0.2) is 0 Å². The van der Waals surface area contributed by atoms with Crippen molar-refractivity contribution >= 4 is 11.7 Å². The molecule has 3 nitrogen and oxygen atoms in total. The highest BCUT2D eigenvalue weighted by atomic mass is 16.1. The number of anilines is 1. The number of hydrogen-bond acceptors (Lipinski definition) is 2. The number of aromatic nitrogens is 1. The molecule has 1 N–H and O–H groups in total. The van der Waals surface area contributed by atoms with Crippen molar-refractivity contribution in [2.45, 2.75) is 19.3 Å². The normalized spacial score (nSPS) is 13.4. The number of nitrogens with zero attached hydrogens (tertiary/aromatic N) is 1. The predicted octanol–water partition coefficient (Wildman–Crippen LogP) is 1.69. The molecule has 0 aromatic carbocycles. The molecule has 1 aromatic heterocycles. The lowest BCUT2D eigenvalue weighted by Crippen LogP contribution is -2.10. The van der Waals surface area contributed by atoms with Crippen LogP contribution in [-0.4, -0.2) is 10.9 Å². The first kappa shape index (κ1) is 8.94. The van der Waals surface area contributed by atoms with Gasteiger partial charge < -0.3 is 5.32 Å². The van der Waals surface area contributed by atoms with E-state index in [0.717, 1.165) is 19.3 Å². The summed E-state index contributed by atoms with van der Waals surface area (Å²) in [6.45, 7) is 3.41. The molecule has 0 radical (unpaired) electrons. The molecular weight excluding hydrogens is 176 g/mol. The van der Waals surface area contributed by atoms with Crippen LogP contribution in [-0.2, 0) is 17.6 Å². The third-order valence-corrected chi connectivity index (χ3v) is 2.45. The minimum absolute atomic E-state index is 0.196. The number of hydrogen-bond donors (Lipinski definition) is 1. The van der Waals surface area contributed by atoms with Gasteiger partial charge in [0.05, 0.1) is 0 Å². The maximum absolute atomic E-state index is 11.1. The zero-order valence-electron chi connectivity index (χ0n) is 7.92. The first-order valence-corrected chi connectivity index (χ1v) is 4.71. The van der Waals surface area contributed by atoms with Crippen LogP contribution in [0.5, 0.6) is 0 Å². The van der Waals surface area contributed by atoms with Crippen LogP contribution in [0, 0.1) is 0 Å². The lowest BCUT2D eigenvalue weighted by Gasteiger charge is -2.06. The summed E-state index contributed by atoms with van der Waals surface area (Å²) in [4.78, 5) is 15.3. The molecule has 0 atom stereocenters. The van der Waals surface area contributed by atoms with E-state index in [4.69, 9.17) is 0 Å². The molecule has 0 spiro atoms. The van der Waals surface area contributed by atoms with Gasteiger partial charge in [-0.2, -0.15) is 0 Å². The van der Waals surface area contributed by atoms with Crippen molar-refractivity contribution in [3.63, 3.8) is 0 Å². The molecule has 2 rings (SSSR count). The number of carbonyl (C=O) groups is 1. The number of pyridine rings is 1. The Balaban J connectivity index is 2.30. The van der Waals surface area contributed by atoms with E-state index in [0.29, 0.717) is 5.82 Å². The van der Waals surface area contributed by atoms with E-state index in [1.54, 1.807) is 6.20 Å². The van der Waals surface area contributed by atoms with Crippen molar-refractivity contribution in [2.75, 3.05) is 5.32 Å². The van der Waals surface area contributed by atoms with Crippen LogP contribution in [0.25, 0.3) is 0 Å². The molecule has 1 aromatic rings. The summed E-state index contributed by atoms with van der Waals surface area (Å²) in [5.74, 6) is 0.503. The van der Waals surface area contributed by atoms with E-state index in [-0.39, 0.29) is 5.91 Å². The smallest absolute Gasteiger partial charge is 0.248 e. The summed E-state index contributed by atoms with van der Waals surface area (Å²) in [6, 6.07) is 2.02. The van der Waals surface area contributed by atoms with Gasteiger partial charge in [0.25, 0.3) is 0 Å². The van der Waals surface area contributed by atoms with Crippen LogP contribution >= 0.6 is 0 Å². The first-order chi connectivity index (χ1) is 6.81. The van der Waals surface area contributed by atoms with Crippen molar-refractivity contribution in [1.29, 1.82) is 0 Å². The van der Waals surface area contributed by atoms with Gasteiger partial charge in [-0.3, -0.25) is 4.79 Å². The molecule has 0 fully saturated rings. The lowest BCUT2D eigenvalue weighted by molar-refractivity contribution is -0.111. The average molecular weight is 188 g/mol. The van der Waals surface area contributed by atoms with Gasteiger partial charge in [-0.05, 0) is 42.5 Å². The standard InChI is InChI=1S/C11H12N2O/c1-2-10(14)13-11-9-5-3-4-8(9)6-7-12-11/h2,6-7H,1,3-5H2,(H,12,13,14). The number of nitrogens with one attached hydrogen (secondary N) is 1. The second-order valence-corrected chi connectivity index (χ2v) is 3.34. The second-order valence-electron chi connectivity index (χ2n) is 3.34. The fourth-order valence-corrected chi connectivity index (χ4v) is 1.78. The van der Waals surface area contributed by atoms with Gasteiger partial charge in [0.2, 0.25) is 5.91 Å². The lowest BCUT2D eigenvalue weighted by atomic mass is 10.2. The zero-order chi connectivity index (χ0) is 9.97. The number of carbonyl (C=O) groups excluding carboxylic acids is 1. The van der Waals surface area contributed by atoms with Crippen molar-refractivity contribution in [3.8, 4) is 0 Å². The zero-order valence-corrected chi connectivity index (χ0v) is 7.92. The van der Waals surface area contributed by atoms with E-state index in [1.165, 1.54) is 17.2 Å². The molecule has 0 saturated heterocycles. The van der Waals surface area contributed by atoms with Gasteiger partial charge in [-0.1, -0.05) is 6.58 Å². The van der Waals surface area contributed by atoms with E-state index in [9.17, 15) is 4.79 Å². The summed E-state index contributed by atoms with van der Waals surface area (Å²) in [6.07, 6.45) is 6.25. The molecule has 0 bridgehead atoms. The summed E-state index contributed by atoms with van der Waals surface area (Å²) >= 11 is 0. The fraction of sp³-hybridized carbons (Fsp3) is 0.273. The Bertz CT molecular complexity index is 385. The van der Waals surface area contributed by atoms with Crippen LogP contribution in [0.4, 0.5) is 5.82 Å².